The highest BCUT2D eigenvalue weighted by Gasteiger charge is 2.51. The zero-order valence-electron chi connectivity index (χ0n) is 62.1. The molecular formula is C82H155NO13. The lowest BCUT2D eigenvalue weighted by atomic mass is 9.97. The first-order chi connectivity index (χ1) is 47.1. The van der Waals surface area contributed by atoms with Gasteiger partial charge in [-0.2, -0.15) is 0 Å². The van der Waals surface area contributed by atoms with Gasteiger partial charge in [0.05, 0.1) is 32.0 Å². The van der Waals surface area contributed by atoms with Crippen molar-refractivity contribution in [2.45, 2.75) is 460 Å². The molecule has 14 heteroatoms. The first-order valence-corrected chi connectivity index (χ1v) is 41.2. The van der Waals surface area contributed by atoms with Crippen LogP contribution in [0.1, 0.15) is 386 Å². The Morgan fingerprint density at radius 3 is 1.04 bits per heavy atom. The van der Waals surface area contributed by atoms with Crippen molar-refractivity contribution in [1.82, 2.24) is 5.32 Å². The number of unbranched alkanes of at least 4 members (excludes halogenated alkanes) is 53. The number of aliphatic hydroxyl groups excluding tert-OH is 8. The van der Waals surface area contributed by atoms with Gasteiger partial charge in [-0.05, 0) is 51.4 Å². The van der Waals surface area contributed by atoms with Gasteiger partial charge < -0.3 is 65.1 Å². The molecule has 96 heavy (non-hydrogen) atoms. The van der Waals surface area contributed by atoms with Crippen molar-refractivity contribution in [1.29, 1.82) is 0 Å². The molecule has 0 radical (unpaired) electrons. The molecule has 9 N–H and O–H groups in total. The maximum atomic E-state index is 13.4. The highest BCUT2D eigenvalue weighted by Crippen LogP contribution is 2.30. The summed E-state index contributed by atoms with van der Waals surface area (Å²) in [4.78, 5) is 13.4. The molecule has 14 nitrogen and oxygen atoms in total. The molecule has 0 aromatic rings. The second-order valence-electron chi connectivity index (χ2n) is 29.3. The lowest BCUT2D eigenvalue weighted by molar-refractivity contribution is -0.359. The zero-order valence-corrected chi connectivity index (χ0v) is 62.1. The number of hydrogen-bond acceptors (Lipinski definition) is 13. The summed E-state index contributed by atoms with van der Waals surface area (Å²) in [6, 6.07) is -0.915. The van der Waals surface area contributed by atoms with Gasteiger partial charge in [0.2, 0.25) is 5.91 Å². The molecule has 0 aromatic carbocycles. The number of carbonyl (C=O) groups is 1. The van der Waals surface area contributed by atoms with Crippen LogP contribution < -0.4 is 5.32 Å². The third kappa shape index (κ3) is 48.9. The molecular weight excluding hydrogens is 1210 g/mol. The van der Waals surface area contributed by atoms with E-state index in [2.05, 4.69) is 43.5 Å². The Labute approximate surface area is 589 Å². The van der Waals surface area contributed by atoms with Crippen molar-refractivity contribution in [3.05, 3.63) is 36.5 Å². The Kier molecular flexibility index (Phi) is 62.5. The van der Waals surface area contributed by atoms with Crippen LogP contribution in [0.4, 0.5) is 0 Å². The number of aliphatic hydroxyl groups is 8. The monoisotopic (exact) mass is 1360 g/mol. The molecule has 2 heterocycles. The lowest BCUT2D eigenvalue weighted by Gasteiger charge is -2.46. The molecule has 2 saturated heterocycles. The summed E-state index contributed by atoms with van der Waals surface area (Å²) in [7, 11) is 0. The normalized spacial score (nSPS) is 22.4. The molecule has 566 valence electrons. The van der Waals surface area contributed by atoms with Crippen molar-refractivity contribution in [2.75, 3.05) is 19.8 Å². The van der Waals surface area contributed by atoms with Gasteiger partial charge >= 0.3 is 0 Å². The highest BCUT2D eigenvalue weighted by atomic mass is 16.7. The molecule has 0 bridgehead atoms. The maximum absolute atomic E-state index is 13.4. The average molecular weight is 1360 g/mol. The van der Waals surface area contributed by atoms with Gasteiger partial charge in [-0.15, -0.1) is 0 Å². The fourth-order valence-corrected chi connectivity index (χ4v) is 13.8. The second kappa shape index (κ2) is 66.4. The van der Waals surface area contributed by atoms with Crippen LogP contribution in [0.3, 0.4) is 0 Å². The highest BCUT2D eigenvalue weighted by molar-refractivity contribution is 5.76. The Morgan fingerprint density at radius 1 is 0.375 bits per heavy atom. The fraction of sp³-hybridized carbons (Fsp3) is 0.915. The van der Waals surface area contributed by atoms with E-state index in [1.54, 1.807) is 6.08 Å². The van der Waals surface area contributed by atoms with E-state index in [0.29, 0.717) is 6.42 Å². The van der Waals surface area contributed by atoms with Crippen LogP contribution >= 0.6 is 0 Å². The Hall–Kier alpha value is -1.79. The van der Waals surface area contributed by atoms with E-state index < -0.39 is 86.8 Å². The van der Waals surface area contributed by atoms with E-state index in [-0.39, 0.29) is 18.9 Å². The largest absolute Gasteiger partial charge is 0.394 e. The van der Waals surface area contributed by atoms with Gasteiger partial charge in [0.25, 0.3) is 0 Å². The van der Waals surface area contributed by atoms with Crippen molar-refractivity contribution < 1.29 is 64.6 Å². The predicted molar refractivity (Wildman–Crippen MR) is 397 cm³/mol. The van der Waals surface area contributed by atoms with Crippen LogP contribution in [0.15, 0.2) is 36.5 Å². The third-order valence-electron chi connectivity index (χ3n) is 20.3. The SMILES string of the molecule is CCCCCCC/C=C\C/C=C\CCCCCCCCCCCCCCCCCCCCCCCCCC(=O)NC(COC1OC(CO)C(OC2OC(CO)C(O)C(O)C2O)C(O)C1O)C(O)/C=C/CCCCCCCCCCCCCCCCCCCCCCCCCCC. The zero-order chi connectivity index (χ0) is 69.4. The summed E-state index contributed by atoms with van der Waals surface area (Å²) >= 11 is 0. The van der Waals surface area contributed by atoms with Crippen LogP contribution in [0.25, 0.3) is 0 Å². The van der Waals surface area contributed by atoms with E-state index in [1.165, 1.54) is 315 Å². The fourth-order valence-electron chi connectivity index (χ4n) is 13.8. The number of hydrogen-bond donors (Lipinski definition) is 9. The number of ether oxygens (including phenoxy) is 4. The number of amides is 1. The molecule has 0 saturated carbocycles. The number of nitrogens with one attached hydrogen (secondary N) is 1. The van der Waals surface area contributed by atoms with E-state index in [1.807, 2.05) is 6.08 Å². The molecule has 2 aliphatic rings. The molecule has 12 atom stereocenters. The van der Waals surface area contributed by atoms with Crippen molar-refractivity contribution in [2.24, 2.45) is 0 Å². The summed E-state index contributed by atoms with van der Waals surface area (Å²) in [6.07, 6.45) is 70.9. The topological polar surface area (TPSA) is 228 Å². The lowest BCUT2D eigenvalue weighted by Crippen LogP contribution is -2.65. The van der Waals surface area contributed by atoms with Crippen LogP contribution in [-0.2, 0) is 23.7 Å². The summed E-state index contributed by atoms with van der Waals surface area (Å²) in [5, 5.41) is 87.7. The minimum absolute atomic E-state index is 0.230. The summed E-state index contributed by atoms with van der Waals surface area (Å²) in [5.74, 6) is -0.230. The van der Waals surface area contributed by atoms with Crippen LogP contribution in [0, 0.1) is 0 Å². The minimum atomic E-state index is -1.79. The Morgan fingerprint density at radius 2 is 0.688 bits per heavy atom. The first kappa shape index (κ1) is 90.3. The standard InChI is InChI=1S/C82H155NO13/c1-3-5-7-9-11-13-15-17-19-21-23-25-27-29-31-32-33-34-35-36-37-38-40-42-44-46-48-50-52-54-56-58-60-62-64-66-74(87)83-70(69-93-81-79(92)77(90)80(73(68-85)95-81)96-82-78(91)76(89)75(88)72(67-84)94-82)71(86)65-63-61-59-57-55-53-51-49-47-45-43-41-39-30-28-26-24-22-20-18-16-14-12-10-8-6-4-2/h15,17,21,23,63,65,70-73,75-82,84-86,88-92H,3-14,16,18-20,22,24-62,64,66-69H2,1-2H3,(H,83,87)/b17-15-,23-21-,65-63+. The first-order valence-electron chi connectivity index (χ1n) is 41.2. The number of allylic oxidation sites excluding steroid dienone is 5. The van der Waals surface area contributed by atoms with Crippen molar-refractivity contribution in [3.8, 4) is 0 Å². The maximum Gasteiger partial charge on any atom is 0.220 e. The number of carbonyl (C=O) groups excluding carboxylic acids is 1. The molecule has 1 amide bonds. The van der Waals surface area contributed by atoms with E-state index in [9.17, 15) is 45.6 Å². The molecule has 0 aliphatic carbocycles. The van der Waals surface area contributed by atoms with Gasteiger partial charge in [-0.1, -0.05) is 365 Å². The summed E-state index contributed by atoms with van der Waals surface area (Å²) in [6.45, 7) is 2.86. The van der Waals surface area contributed by atoms with Crippen LogP contribution in [0.2, 0.25) is 0 Å². The van der Waals surface area contributed by atoms with Gasteiger partial charge in [0, 0.05) is 6.42 Å². The van der Waals surface area contributed by atoms with Gasteiger partial charge in [0.1, 0.15) is 48.8 Å². The number of rotatable bonds is 70. The van der Waals surface area contributed by atoms with Crippen molar-refractivity contribution in [3.63, 3.8) is 0 Å². The van der Waals surface area contributed by atoms with Gasteiger partial charge in [-0.25, -0.2) is 0 Å². The molecule has 2 aliphatic heterocycles. The summed E-state index contributed by atoms with van der Waals surface area (Å²) < 4.78 is 22.9. The summed E-state index contributed by atoms with van der Waals surface area (Å²) in [5.41, 5.74) is 0. The molecule has 12 unspecified atom stereocenters. The van der Waals surface area contributed by atoms with E-state index in [0.717, 1.165) is 44.9 Å². The third-order valence-corrected chi connectivity index (χ3v) is 20.3. The van der Waals surface area contributed by atoms with Gasteiger partial charge in [0.15, 0.2) is 12.6 Å². The van der Waals surface area contributed by atoms with Crippen LogP contribution in [-0.4, -0.2) is 140 Å². The van der Waals surface area contributed by atoms with Crippen molar-refractivity contribution >= 4 is 5.91 Å². The minimum Gasteiger partial charge on any atom is -0.394 e. The smallest absolute Gasteiger partial charge is 0.220 e. The quantitative estimate of drug-likeness (QED) is 0.0204. The second-order valence-corrected chi connectivity index (χ2v) is 29.3. The van der Waals surface area contributed by atoms with E-state index >= 15 is 0 Å². The predicted octanol–water partition coefficient (Wildman–Crippen LogP) is 18.8. The molecule has 2 rings (SSSR count). The van der Waals surface area contributed by atoms with E-state index in [4.69, 9.17) is 18.9 Å². The Balaban J connectivity index is 1.60. The van der Waals surface area contributed by atoms with Crippen LogP contribution in [0.5, 0.6) is 0 Å². The van der Waals surface area contributed by atoms with Gasteiger partial charge in [-0.3, -0.25) is 4.79 Å². The molecule has 0 spiro atoms. The molecule has 0 aromatic heterocycles. The molecule has 2 fully saturated rings. The Bertz CT molecular complexity index is 1750. The average Bonchev–Trinajstić information content (AvgIpc) is 0.797.